The molecule has 1 aromatic heterocycles. The van der Waals surface area contributed by atoms with E-state index in [1.54, 1.807) is 0 Å². The zero-order valence-electron chi connectivity index (χ0n) is 10.7. The van der Waals surface area contributed by atoms with Gasteiger partial charge in [0.05, 0.1) is 0 Å². The number of hydrogen-bond donors (Lipinski definition) is 1. The highest BCUT2D eigenvalue weighted by atomic mass is 15.1. The van der Waals surface area contributed by atoms with Crippen LogP contribution in [0, 0.1) is 0 Å². The maximum absolute atomic E-state index is 5.75. The molecule has 0 atom stereocenters. The van der Waals surface area contributed by atoms with Crippen LogP contribution in [0.1, 0.15) is 12.7 Å². The highest BCUT2D eigenvalue weighted by Gasteiger charge is 2.08. The van der Waals surface area contributed by atoms with Gasteiger partial charge in [-0.05, 0) is 10.8 Å². The van der Waals surface area contributed by atoms with Crippen molar-refractivity contribution in [2.75, 3.05) is 5.73 Å². The molecule has 0 spiro atoms. The SMILES string of the molecule is CCc1nc(N)nc(-c2cccc3ccccc23)n1. The highest BCUT2D eigenvalue weighted by Crippen LogP contribution is 2.26. The van der Waals surface area contributed by atoms with Crippen molar-refractivity contribution in [1.82, 2.24) is 15.0 Å². The lowest BCUT2D eigenvalue weighted by molar-refractivity contribution is 0.914. The maximum atomic E-state index is 5.75. The summed E-state index contributed by atoms with van der Waals surface area (Å²) >= 11 is 0. The zero-order valence-corrected chi connectivity index (χ0v) is 10.7. The first kappa shape index (κ1) is 11.6. The molecular formula is C15H14N4. The van der Waals surface area contributed by atoms with Crippen molar-refractivity contribution in [2.24, 2.45) is 0 Å². The first-order chi connectivity index (χ1) is 9.28. The molecule has 0 aliphatic carbocycles. The van der Waals surface area contributed by atoms with Crippen molar-refractivity contribution < 1.29 is 0 Å². The molecule has 0 unspecified atom stereocenters. The third kappa shape index (κ3) is 2.12. The number of benzene rings is 2. The lowest BCUT2D eigenvalue weighted by Gasteiger charge is -2.07. The van der Waals surface area contributed by atoms with E-state index in [9.17, 15) is 0 Å². The second kappa shape index (κ2) is 4.65. The number of nitrogen functional groups attached to an aromatic ring is 1. The average molecular weight is 250 g/mol. The monoisotopic (exact) mass is 250 g/mol. The molecule has 0 aliphatic rings. The minimum Gasteiger partial charge on any atom is -0.368 e. The van der Waals surface area contributed by atoms with Crippen molar-refractivity contribution in [3.05, 3.63) is 48.3 Å². The topological polar surface area (TPSA) is 64.7 Å². The highest BCUT2D eigenvalue weighted by molar-refractivity contribution is 5.95. The van der Waals surface area contributed by atoms with Crippen molar-refractivity contribution in [3.63, 3.8) is 0 Å². The molecule has 1 heterocycles. The van der Waals surface area contributed by atoms with Gasteiger partial charge in [-0.1, -0.05) is 49.4 Å². The van der Waals surface area contributed by atoms with Gasteiger partial charge in [-0.3, -0.25) is 0 Å². The van der Waals surface area contributed by atoms with Gasteiger partial charge in [-0.25, -0.2) is 4.98 Å². The molecule has 0 saturated heterocycles. The summed E-state index contributed by atoms with van der Waals surface area (Å²) < 4.78 is 0. The second-order valence-electron chi connectivity index (χ2n) is 4.31. The van der Waals surface area contributed by atoms with Crippen LogP contribution >= 0.6 is 0 Å². The van der Waals surface area contributed by atoms with Crippen LogP contribution in [-0.2, 0) is 6.42 Å². The van der Waals surface area contributed by atoms with E-state index in [2.05, 4.69) is 33.2 Å². The number of aromatic nitrogens is 3. The van der Waals surface area contributed by atoms with Crippen LogP contribution in [0.2, 0.25) is 0 Å². The van der Waals surface area contributed by atoms with E-state index in [-0.39, 0.29) is 5.95 Å². The van der Waals surface area contributed by atoms with Crippen LogP contribution in [-0.4, -0.2) is 15.0 Å². The Morgan fingerprint density at radius 3 is 2.58 bits per heavy atom. The van der Waals surface area contributed by atoms with E-state index in [1.807, 2.05) is 31.2 Å². The standard InChI is InChI=1S/C15H14N4/c1-2-13-17-14(19-15(16)18-13)12-9-5-7-10-6-3-4-8-11(10)12/h3-9H,2H2,1H3,(H2,16,17,18,19). The Morgan fingerprint density at radius 2 is 1.74 bits per heavy atom. The molecule has 4 nitrogen and oxygen atoms in total. The van der Waals surface area contributed by atoms with Gasteiger partial charge in [0.25, 0.3) is 0 Å². The molecule has 0 saturated carbocycles. The summed E-state index contributed by atoms with van der Waals surface area (Å²) in [6.45, 7) is 2.00. The maximum Gasteiger partial charge on any atom is 0.223 e. The van der Waals surface area contributed by atoms with E-state index in [0.717, 1.165) is 28.6 Å². The Morgan fingerprint density at radius 1 is 0.947 bits per heavy atom. The van der Waals surface area contributed by atoms with Gasteiger partial charge in [0.1, 0.15) is 5.82 Å². The van der Waals surface area contributed by atoms with E-state index in [0.29, 0.717) is 5.82 Å². The molecule has 2 N–H and O–H groups in total. The van der Waals surface area contributed by atoms with E-state index in [4.69, 9.17) is 5.73 Å². The number of aryl methyl sites for hydroxylation is 1. The van der Waals surface area contributed by atoms with E-state index < -0.39 is 0 Å². The molecule has 2 aromatic carbocycles. The fraction of sp³-hybridized carbons (Fsp3) is 0.133. The van der Waals surface area contributed by atoms with Crippen LogP contribution in [0.4, 0.5) is 5.95 Å². The fourth-order valence-electron chi connectivity index (χ4n) is 2.14. The van der Waals surface area contributed by atoms with Crippen molar-refractivity contribution >= 4 is 16.7 Å². The Balaban J connectivity index is 2.27. The molecular weight excluding hydrogens is 236 g/mol. The van der Waals surface area contributed by atoms with Gasteiger partial charge >= 0.3 is 0 Å². The molecule has 0 radical (unpaired) electrons. The van der Waals surface area contributed by atoms with Gasteiger partial charge < -0.3 is 5.73 Å². The van der Waals surface area contributed by atoms with Crippen molar-refractivity contribution in [2.45, 2.75) is 13.3 Å². The molecule has 0 fully saturated rings. The second-order valence-corrected chi connectivity index (χ2v) is 4.31. The third-order valence-corrected chi connectivity index (χ3v) is 3.05. The molecule has 4 heteroatoms. The van der Waals surface area contributed by atoms with Gasteiger partial charge in [0.2, 0.25) is 5.95 Å². The smallest absolute Gasteiger partial charge is 0.223 e. The van der Waals surface area contributed by atoms with Crippen molar-refractivity contribution in [1.29, 1.82) is 0 Å². The summed E-state index contributed by atoms with van der Waals surface area (Å²) in [5.74, 6) is 1.63. The fourth-order valence-corrected chi connectivity index (χ4v) is 2.14. The minimum absolute atomic E-state index is 0.273. The molecule has 94 valence electrons. The first-order valence-corrected chi connectivity index (χ1v) is 6.26. The Labute approximate surface area is 111 Å². The Bertz CT molecular complexity index is 732. The van der Waals surface area contributed by atoms with Crippen LogP contribution in [0.5, 0.6) is 0 Å². The van der Waals surface area contributed by atoms with E-state index >= 15 is 0 Å². The van der Waals surface area contributed by atoms with Gasteiger partial charge in [0, 0.05) is 12.0 Å². The molecule has 0 bridgehead atoms. The van der Waals surface area contributed by atoms with Crippen LogP contribution < -0.4 is 5.73 Å². The zero-order chi connectivity index (χ0) is 13.2. The number of anilines is 1. The molecule has 3 aromatic rings. The normalized spacial score (nSPS) is 10.8. The summed E-state index contributed by atoms with van der Waals surface area (Å²) in [5.41, 5.74) is 6.74. The summed E-state index contributed by atoms with van der Waals surface area (Å²) in [4.78, 5) is 12.8. The Hall–Kier alpha value is -2.49. The van der Waals surface area contributed by atoms with Gasteiger partial charge in [-0.2, -0.15) is 9.97 Å². The molecule has 3 rings (SSSR count). The van der Waals surface area contributed by atoms with Crippen LogP contribution in [0.15, 0.2) is 42.5 Å². The average Bonchev–Trinajstić information content (AvgIpc) is 2.46. The number of nitrogens with two attached hydrogens (primary N) is 1. The molecule has 19 heavy (non-hydrogen) atoms. The van der Waals surface area contributed by atoms with E-state index in [1.165, 1.54) is 0 Å². The van der Waals surface area contributed by atoms with Crippen molar-refractivity contribution in [3.8, 4) is 11.4 Å². The molecule has 0 amide bonds. The van der Waals surface area contributed by atoms with Crippen LogP contribution in [0.3, 0.4) is 0 Å². The third-order valence-electron chi connectivity index (χ3n) is 3.05. The largest absolute Gasteiger partial charge is 0.368 e. The lowest BCUT2D eigenvalue weighted by Crippen LogP contribution is -2.04. The first-order valence-electron chi connectivity index (χ1n) is 6.26. The number of rotatable bonds is 2. The number of nitrogens with zero attached hydrogens (tertiary/aromatic N) is 3. The summed E-state index contributed by atoms with van der Waals surface area (Å²) in [5, 5.41) is 2.29. The summed E-state index contributed by atoms with van der Waals surface area (Å²) in [6, 6.07) is 14.3. The predicted octanol–water partition coefficient (Wildman–Crippen LogP) is 2.84. The van der Waals surface area contributed by atoms with Gasteiger partial charge in [0.15, 0.2) is 5.82 Å². The Kier molecular flexibility index (Phi) is 2.83. The number of hydrogen-bond acceptors (Lipinski definition) is 4. The quantitative estimate of drug-likeness (QED) is 0.759. The molecule has 0 aliphatic heterocycles. The van der Waals surface area contributed by atoms with Crippen LogP contribution in [0.25, 0.3) is 22.2 Å². The van der Waals surface area contributed by atoms with Gasteiger partial charge in [-0.15, -0.1) is 0 Å². The summed E-state index contributed by atoms with van der Waals surface area (Å²) in [6.07, 6.45) is 0.741. The lowest BCUT2D eigenvalue weighted by atomic mass is 10.0. The number of fused-ring (bicyclic) bond motifs is 1. The summed E-state index contributed by atoms with van der Waals surface area (Å²) in [7, 11) is 0. The minimum atomic E-state index is 0.273. The predicted molar refractivity (Wildman–Crippen MR) is 76.6 cm³/mol.